The van der Waals surface area contributed by atoms with E-state index < -0.39 is 11.7 Å². The van der Waals surface area contributed by atoms with Crippen molar-refractivity contribution < 1.29 is 9.21 Å². The topological polar surface area (TPSA) is 54.0 Å². The molecule has 0 fully saturated rings. The maximum Gasteiger partial charge on any atom is 0.219 e. The van der Waals surface area contributed by atoms with E-state index in [9.17, 15) is 10.1 Å². The van der Waals surface area contributed by atoms with Crippen molar-refractivity contribution in [1.82, 2.24) is 0 Å². The Labute approximate surface area is 126 Å². The molecule has 0 bridgehead atoms. The first kappa shape index (κ1) is 14.6. The zero-order valence-corrected chi connectivity index (χ0v) is 12.2. The summed E-state index contributed by atoms with van der Waals surface area (Å²) in [4.78, 5) is 12.4. The van der Waals surface area contributed by atoms with Gasteiger partial charge in [-0.05, 0) is 24.3 Å². The second-order valence-electron chi connectivity index (χ2n) is 4.18. The molecule has 1 aromatic heterocycles. The van der Waals surface area contributed by atoms with Gasteiger partial charge in [0.25, 0.3) is 0 Å². The fraction of sp³-hybridized carbons (Fsp3) is 0.200. The van der Waals surface area contributed by atoms with Gasteiger partial charge in [-0.25, -0.2) is 0 Å². The number of furan rings is 1. The Morgan fingerprint density at radius 3 is 2.45 bits per heavy atom. The Morgan fingerprint density at radius 1 is 1.30 bits per heavy atom. The summed E-state index contributed by atoms with van der Waals surface area (Å²) < 4.78 is 5.39. The van der Waals surface area contributed by atoms with Crippen LogP contribution < -0.4 is 0 Å². The molecule has 102 valence electrons. The predicted molar refractivity (Wildman–Crippen MR) is 77.2 cm³/mol. The molecule has 3 nitrogen and oxygen atoms in total. The van der Waals surface area contributed by atoms with E-state index >= 15 is 0 Å². The Balaban J connectivity index is 2.43. The van der Waals surface area contributed by atoms with Crippen LogP contribution in [0.2, 0.25) is 10.0 Å². The number of carbonyl (C=O) groups is 1. The van der Waals surface area contributed by atoms with Gasteiger partial charge in [0.1, 0.15) is 11.7 Å². The average Bonchev–Trinajstić information content (AvgIpc) is 2.91. The van der Waals surface area contributed by atoms with Gasteiger partial charge < -0.3 is 4.42 Å². The highest BCUT2D eigenvalue weighted by Crippen LogP contribution is 2.33. The molecule has 1 heterocycles. The highest BCUT2D eigenvalue weighted by atomic mass is 35.5. The van der Waals surface area contributed by atoms with Gasteiger partial charge in [-0.1, -0.05) is 36.2 Å². The molecule has 0 N–H and O–H groups in total. The van der Waals surface area contributed by atoms with Gasteiger partial charge in [0.15, 0.2) is 5.76 Å². The van der Waals surface area contributed by atoms with Crippen molar-refractivity contribution in [3.8, 4) is 6.07 Å². The third-order valence-corrected chi connectivity index (χ3v) is 3.59. The minimum Gasteiger partial charge on any atom is -0.458 e. The quantitative estimate of drug-likeness (QED) is 0.773. The molecule has 0 spiro atoms. The SMILES string of the molecule is CCc1ccc(C(=O)C(C#N)c2c(Cl)cccc2Cl)o1. The lowest BCUT2D eigenvalue weighted by Crippen LogP contribution is -2.11. The molecule has 0 saturated carbocycles. The van der Waals surface area contributed by atoms with Crippen LogP contribution in [0.4, 0.5) is 0 Å². The number of rotatable bonds is 4. The van der Waals surface area contributed by atoms with Crippen LogP contribution in [0.1, 0.15) is 34.7 Å². The number of nitriles is 1. The van der Waals surface area contributed by atoms with E-state index in [0.717, 1.165) is 0 Å². The van der Waals surface area contributed by atoms with Crippen molar-refractivity contribution in [2.24, 2.45) is 0 Å². The molecule has 1 aromatic carbocycles. The molecule has 5 heteroatoms. The van der Waals surface area contributed by atoms with Gasteiger partial charge in [0.2, 0.25) is 5.78 Å². The van der Waals surface area contributed by atoms with E-state index in [1.165, 1.54) is 0 Å². The first-order valence-corrected chi connectivity index (χ1v) is 6.80. The summed E-state index contributed by atoms with van der Waals surface area (Å²) in [6, 6.07) is 10.1. The third kappa shape index (κ3) is 2.72. The molecule has 0 aliphatic carbocycles. The molecular weight excluding hydrogens is 297 g/mol. The van der Waals surface area contributed by atoms with Crippen LogP contribution in [0.15, 0.2) is 34.7 Å². The lowest BCUT2D eigenvalue weighted by molar-refractivity contribution is 0.0950. The van der Waals surface area contributed by atoms with Gasteiger partial charge in [0.05, 0.1) is 6.07 Å². The van der Waals surface area contributed by atoms with Gasteiger partial charge in [-0.2, -0.15) is 5.26 Å². The Hall–Kier alpha value is -1.76. The first-order chi connectivity index (χ1) is 9.58. The smallest absolute Gasteiger partial charge is 0.219 e. The fourth-order valence-electron chi connectivity index (χ4n) is 1.88. The number of benzene rings is 1. The molecular formula is C15H11Cl2NO2. The van der Waals surface area contributed by atoms with Crippen LogP contribution in [0.3, 0.4) is 0 Å². The number of carbonyl (C=O) groups excluding carboxylic acids is 1. The van der Waals surface area contributed by atoms with Crippen LogP contribution in [-0.2, 0) is 6.42 Å². The van der Waals surface area contributed by atoms with Crippen LogP contribution >= 0.6 is 23.2 Å². The Kier molecular flexibility index (Phi) is 4.49. The van der Waals surface area contributed by atoms with Crippen LogP contribution in [-0.4, -0.2) is 5.78 Å². The molecule has 0 saturated heterocycles. The largest absolute Gasteiger partial charge is 0.458 e. The minimum atomic E-state index is -1.08. The van der Waals surface area contributed by atoms with E-state index in [1.807, 2.05) is 13.0 Å². The molecule has 20 heavy (non-hydrogen) atoms. The van der Waals surface area contributed by atoms with Gasteiger partial charge >= 0.3 is 0 Å². The van der Waals surface area contributed by atoms with E-state index in [1.54, 1.807) is 30.3 Å². The number of halogens is 2. The zero-order chi connectivity index (χ0) is 14.7. The number of hydrogen-bond acceptors (Lipinski definition) is 3. The summed E-state index contributed by atoms with van der Waals surface area (Å²) in [6.07, 6.45) is 0.678. The van der Waals surface area contributed by atoms with Crippen LogP contribution in [0.25, 0.3) is 0 Å². The summed E-state index contributed by atoms with van der Waals surface area (Å²) in [7, 11) is 0. The third-order valence-electron chi connectivity index (χ3n) is 2.93. The van der Waals surface area contributed by atoms with Gasteiger partial charge in [-0.3, -0.25) is 4.79 Å². The number of hydrogen-bond donors (Lipinski definition) is 0. The first-order valence-electron chi connectivity index (χ1n) is 6.05. The number of aryl methyl sites for hydroxylation is 1. The molecule has 0 radical (unpaired) electrons. The number of Topliss-reactive ketones (excluding diaryl/α,β-unsaturated/α-hetero) is 1. The van der Waals surface area contributed by atoms with Crippen molar-refractivity contribution in [2.75, 3.05) is 0 Å². The Morgan fingerprint density at radius 2 is 1.95 bits per heavy atom. The summed E-state index contributed by atoms with van der Waals surface area (Å²) >= 11 is 12.1. The molecule has 1 atom stereocenters. The van der Waals surface area contributed by atoms with Crippen molar-refractivity contribution >= 4 is 29.0 Å². The summed E-state index contributed by atoms with van der Waals surface area (Å²) in [5, 5.41) is 9.88. The van der Waals surface area contributed by atoms with Crippen molar-refractivity contribution in [2.45, 2.75) is 19.3 Å². The van der Waals surface area contributed by atoms with Gasteiger partial charge in [-0.15, -0.1) is 0 Å². The summed E-state index contributed by atoms with van der Waals surface area (Å²) in [5.41, 5.74) is 0.317. The molecule has 0 amide bonds. The lowest BCUT2D eigenvalue weighted by Gasteiger charge is -2.10. The lowest BCUT2D eigenvalue weighted by atomic mass is 9.94. The molecule has 1 unspecified atom stereocenters. The standard InChI is InChI=1S/C15H11Cl2NO2/c1-2-9-6-7-13(20-9)15(19)10(8-18)14-11(16)4-3-5-12(14)17/h3-7,10H,2H2,1H3. The second kappa shape index (κ2) is 6.13. The highest BCUT2D eigenvalue weighted by Gasteiger charge is 2.28. The molecule has 2 aromatic rings. The minimum absolute atomic E-state index is 0.143. The van der Waals surface area contributed by atoms with Crippen molar-refractivity contribution in [3.05, 3.63) is 57.5 Å². The molecule has 2 rings (SSSR count). The van der Waals surface area contributed by atoms with Gasteiger partial charge in [0, 0.05) is 22.0 Å². The normalized spacial score (nSPS) is 11.9. The number of nitrogens with zero attached hydrogens (tertiary/aromatic N) is 1. The number of ketones is 1. The fourth-order valence-corrected chi connectivity index (χ4v) is 2.50. The van der Waals surface area contributed by atoms with Crippen LogP contribution in [0, 0.1) is 11.3 Å². The second-order valence-corrected chi connectivity index (χ2v) is 5.00. The van der Waals surface area contributed by atoms with E-state index in [4.69, 9.17) is 27.6 Å². The average molecular weight is 308 g/mol. The zero-order valence-electron chi connectivity index (χ0n) is 10.7. The predicted octanol–water partition coefficient (Wildman–Crippen LogP) is 4.64. The monoisotopic (exact) mass is 307 g/mol. The molecule has 0 aliphatic heterocycles. The van der Waals surface area contributed by atoms with E-state index in [0.29, 0.717) is 27.8 Å². The molecule has 0 aliphatic rings. The Bertz CT molecular complexity index is 665. The summed E-state index contributed by atoms with van der Waals surface area (Å²) in [5.74, 6) is -0.686. The van der Waals surface area contributed by atoms with Crippen LogP contribution in [0.5, 0.6) is 0 Å². The maximum absolute atomic E-state index is 12.4. The maximum atomic E-state index is 12.4. The summed E-state index contributed by atoms with van der Waals surface area (Å²) in [6.45, 7) is 1.92. The van der Waals surface area contributed by atoms with Crippen molar-refractivity contribution in [1.29, 1.82) is 5.26 Å². The van der Waals surface area contributed by atoms with E-state index in [-0.39, 0.29) is 5.76 Å². The van der Waals surface area contributed by atoms with Crippen molar-refractivity contribution in [3.63, 3.8) is 0 Å². The van der Waals surface area contributed by atoms with E-state index in [2.05, 4.69) is 0 Å². The highest BCUT2D eigenvalue weighted by molar-refractivity contribution is 6.36.